The third-order valence-corrected chi connectivity index (χ3v) is 3.43. The van der Waals surface area contributed by atoms with Gasteiger partial charge in [0.25, 0.3) is 5.91 Å². The summed E-state index contributed by atoms with van der Waals surface area (Å²) in [6.07, 6.45) is 0.683. The van der Waals surface area contributed by atoms with E-state index >= 15 is 0 Å². The molecule has 1 saturated heterocycles. The molecule has 0 aliphatic carbocycles. The number of imide groups is 1. The summed E-state index contributed by atoms with van der Waals surface area (Å²) in [5.41, 5.74) is 0.969. The van der Waals surface area contributed by atoms with Gasteiger partial charge in [-0.05, 0) is 24.8 Å². The molecule has 1 aromatic rings. The van der Waals surface area contributed by atoms with Gasteiger partial charge in [-0.15, -0.1) is 0 Å². The molecule has 1 heterocycles. The van der Waals surface area contributed by atoms with Gasteiger partial charge in [-0.1, -0.05) is 44.2 Å². The zero-order valence-electron chi connectivity index (χ0n) is 11.6. The number of carbonyl (C=O) groups excluding carboxylic acids is 2. The molecule has 0 radical (unpaired) electrons. The summed E-state index contributed by atoms with van der Waals surface area (Å²) in [6, 6.07) is 8.72. The second-order valence-electron chi connectivity index (χ2n) is 5.43. The van der Waals surface area contributed by atoms with E-state index in [9.17, 15) is 9.59 Å². The second kappa shape index (κ2) is 5.43. The summed E-state index contributed by atoms with van der Waals surface area (Å²) >= 11 is 0. The van der Waals surface area contributed by atoms with Crippen molar-refractivity contribution in [1.82, 2.24) is 10.2 Å². The van der Waals surface area contributed by atoms with Crippen LogP contribution in [-0.2, 0) is 4.79 Å². The molecule has 2 atom stereocenters. The van der Waals surface area contributed by atoms with Gasteiger partial charge in [0.2, 0.25) is 0 Å². The van der Waals surface area contributed by atoms with Crippen LogP contribution >= 0.6 is 0 Å². The molecule has 4 heteroatoms. The Hall–Kier alpha value is -1.84. The number of benzene rings is 1. The number of nitrogens with one attached hydrogen (secondary N) is 1. The summed E-state index contributed by atoms with van der Waals surface area (Å²) in [5, 5.41) is 2.77. The number of nitrogens with zero attached hydrogens (tertiary/aromatic N) is 1. The van der Waals surface area contributed by atoms with Crippen LogP contribution in [0, 0.1) is 5.92 Å². The van der Waals surface area contributed by atoms with Crippen molar-refractivity contribution in [3.05, 3.63) is 35.9 Å². The minimum atomic E-state index is -0.376. The first-order valence-electron chi connectivity index (χ1n) is 6.69. The Morgan fingerprint density at radius 3 is 2.37 bits per heavy atom. The van der Waals surface area contributed by atoms with Gasteiger partial charge < -0.3 is 5.32 Å². The zero-order chi connectivity index (χ0) is 14.0. The van der Waals surface area contributed by atoms with E-state index in [2.05, 4.69) is 5.32 Å². The zero-order valence-corrected chi connectivity index (χ0v) is 11.6. The molecule has 0 spiro atoms. The number of hydrogen-bond donors (Lipinski definition) is 1. The molecule has 3 amide bonds. The normalized spacial score (nSPS) is 20.8. The SMILES string of the molecule is CC(C)C[C@@H]1NC(=O)N([C@H](C)c2ccccc2)C1=O. The summed E-state index contributed by atoms with van der Waals surface area (Å²) in [7, 11) is 0. The summed E-state index contributed by atoms with van der Waals surface area (Å²) in [4.78, 5) is 25.6. The lowest BCUT2D eigenvalue weighted by molar-refractivity contribution is -0.129. The Balaban J connectivity index is 2.16. The first-order chi connectivity index (χ1) is 9.00. The molecule has 1 aliphatic rings. The molecule has 0 saturated carbocycles. The Morgan fingerprint density at radius 2 is 1.79 bits per heavy atom. The maximum absolute atomic E-state index is 12.3. The highest BCUT2D eigenvalue weighted by Gasteiger charge is 2.40. The Labute approximate surface area is 113 Å². The van der Waals surface area contributed by atoms with Crippen molar-refractivity contribution < 1.29 is 9.59 Å². The van der Waals surface area contributed by atoms with Crippen LogP contribution in [-0.4, -0.2) is 22.9 Å². The van der Waals surface area contributed by atoms with E-state index in [-0.39, 0.29) is 24.0 Å². The lowest BCUT2D eigenvalue weighted by Gasteiger charge is -2.22. The van der Waals surface area contributed by atoms with Crippen LogP contribution in [0.3, 0.4) is 0 Å². The van der Waals surface area contributed by atoms with Crippen molar-refractivity contribution in [2.24, 2.45) is 5.92 Å². The Kier molecular flexibility index (Phi) is 3.88. The monoisotopic (exact) mass is 260 g/mol. The van der Waals surface area contributed by atoms with Gasteiger partial charge in [0.1, 0.15) is 6.04 Å². The van der Waals surface area contributed by atoms with Gasteiger partial charge in [-0.2, -0.15) is 0 Å². The lowest BCUT2D eigenvalue weighted by Crippen LogP contribution is -2.34. The van der Waals surface area contributed by atoms with Gasteiger partial charge in [0.05, 0.1) is 6.04 Å². The Bertz CT molecular complexity index is 470. The lowest BCUT2D eigenvalue weighted by atomic mass is 10.0. The van der Waals surface area contributed by atoms with Gasteiger partial charge in [-0.25, -0.2) is 4.79 Å². The van der Waals surface area contributed by atoms with Crippen molar-refractivity contribution in [1.29, 1.82) is 0 Å². The minimum Gasteiger partial charge on any atom is -0.326 e. The van der Waals surface area contributed by atoms with Crippen LogP contribution in [0.4, 0.5) is 4.79 Å². The van der Waals surface area contributed by atoms with Gasteiger partial charge in [0, 0.05) is 0 Å². The first kappa shape index (κ1) is 13.6. The topological polar surface area (TPSA) is 49.4 Å². The van der Waals surface area contributed by atoms with E-state index in [1.54, 1.807) is 0 Å². The molecule has 4 nitrogen and oxygen atoms in total. The van der Waals surface area contributed by atoms with Crippen molar-refractivity contribution in [2.75, 3.05) is 0 Å². The molecule has 1 N–H and O–H groups in total. The maximum Gasteiger partial charge on any atom is 0.325 e. The Morgan fingerprint density at radius 1 is 1.16 bits per heavy atom. The third kappa shape index (κ3) is 2.78. The van der Waals surface area contributed by atoms with Crippen LogP contribution in [0.25, 0.3) is 0 Å². The van der Waals surface area contributed by atoms with Gasteiger partial charge in [0.15, 0.2) is 0 Å². The van der Waals surface area contributed by atoms with E-state index in [1.165, 1.54) is 4.90 Å². The number of rotatable bonds is 4. The molecular weight excluding hydrogens is 240 g/mol. The largest absolute Gasteiger partial charge is 0.326 e. The van der Waals surface area contributed by atoms with Gasteiger partial charge in [-0.3, -0.25) is 9.69 Å². The predicted octanol–water partition coefficient (Wildman–Crippen LogP) is 2.71. The molecule has 0 aromatic heterocycles. The molecule has 1 fully saturated rings. The van der Waals surface area contributed by atoms with Crippen molar-refractivity contribution >= 4 is 11.9 Å². The average Bonchev–Trinajstić information content (AvgIpc) is 2.64. The quantitative estimate of drug-likeness (QED) is 0.846. The molecule has 19 heavy (non-hydrogen) atoms. The second-order valence-corrected chi connectivity index (χ2v) is 5.43. The van der Waals surface area contributed by atoms with Crippen LogP contribution in [0.15, 0.2) is 30.3 Å². The van der Waals surface area contributed by atoms with Gasteiger partial charge >= 0.3 is 6.03 Å². The van der Waals surface area contributed by atoms with Crippen LogP contribution < -0.4 is 5.32 Å². The number of amides is 3. The smallest absolute Gasteiger partial charge is 0.325 e. The van der Waals surface area contributed by atoms with Crippen molar-refractivity contribution in [3.63, 3.8) is 0 Å². The van der Waals surface area contributed by atoms with Crippen LogP contribution in [0.2, 0.25) is 0 Å². The molecule has 1 aliphatic heterocycles. The van der Waals surface area contributed by atoms with Crippen molar-refractivity contribution in [3.8, 4) is 0 Å². The molecule has 0 unspecified atom stereocenters. The summed E-state index contributed by atoms with van der Waals surface area (Å²) < 4.78 is 0. The average molecular weight is 260 g/mol. The van der Waals surface area contributed by atoms with E-state index in [0.29, 0.717) is 12.3 Å². The molecule has 2 rings (SSSR count). The molecule has 0 bridgehead atoms. The fourth-order valence-electron chi connectivity index (χ4n) is 2.43. The predicted molar refractivity (Wildman–Crippen MR) is 73.5 cm³/mol. The van der Waals surface area contributed by atoms with Crippen LogP contribution in [0.1, 0.15) is 38.8 Å². The van der Waals surface area contributed by atoms with E-state index in [1.807, 2.05) is 51.1 Å². The van der Waals surface area contributed by atoms with E-state index in [0.717, 1.165) is 5.56 Å². The van der Waals surface area contributed by atoms with E-state index < -0.39 is 0 Å². The van der Waals surface area contributed by atoms with Crippen LogP contribution in [0.5, 0.6) is 0 Å². The fourth-order valence-corrected chi connectivity index (χ4v) is 2.43. The third-order valence-electron chi connectivity index (χ3n) is 3.43. The molecular formula is C15H20N2O2. The molecule has 102 valence electrons. The first-order valence-corrected chi connectivity index (χ1v) is 6.69. The van der Waals surface area contributed by atoms with Crippen molar-refractivity contribution in [2.45, 2.75) is 39.3 Å². The summed E-state index contributed by atoms with van der Waals surface area (Å²) in [5.74, 6) is 0.260. The number of urea groups is 1. The van der Waals surface area contributed by atoms with E-state index in [4.69, 9.17) is 0 Å². The highest BCUT2D eigenvalue weighted by molar-refractivity contribution is 6.04. The fraction of sp³-hybridized carbons (Fsp3) is 0.467. The molecule has 1 aromatic carbocycles. The standard InChI is InChI=1S/C15H20N2O2/c1-10(2)9-13-14(18)17(15(19)16-13)11(3)12-7-5-4-6-8-12/h4-8,10-11,13H,9H2,1-3H3,(H,16,19)/t11-,13+/m1/s1. The highest BCUT2D eigenvalue weighted by atomic mass is 16.2. The summed E-state index contributed by atoms with van der Waals surface area (Å²) in [6.45, 7) is 5.97. The maximum atomic E-state index is 12.3. The number of hydrogen-bond acceptors (Lipinski definition) is 2. The number of carbonyl (C=O) groups is 2. The minimum absolute atomic E-state index is 0.116. The highest BCUT2D eigenvalue weighted by Crippen LogP contribution is 2.25.